The lowest BCUT2D eigenvalue weighted by Crippen LogP contribution is -1.76. The molecule has 0 N–H and O–H groups in total. The molecule has 2 heterocycles. The normalized spacial score (nSPS) is 10.7. The molecular weight excluding hydrogens is 164 g/mol. The maximum Gasteiger partial charge on any atom is 0.185 e. The lowest BCUT2D eigenvalue weighted by Gasteiger charge is -1.86. The lowest BCUT2D eigenvalue weighted by molar-refractivity contribution is 0.450. The van der Waals surface area contributed by atoms with E-state index in [4.69, 9.17) is 16.1 Å². The van der Waals surface area contributed by atoms with Crippen molar-refractivity contribution in [2.24, 2.45) is 0 Å². The summed E-state index contributed by atoms with van der Waals surface area (Å²) in [6.45, 7) is 1.83. The fourth-order valence-electron chi connectivity index (χ4n) is 0.916. The zero-order valence-electron chi connectivity index (χ0n) is 5.84. The van der Waals surface area contributed by atoms with Crippen molar-refractivity contribution < 1.29 is 4.52 Å². The monoisotopic (exact) mass is 168 g/mol. The van der Waals surface area contributed by atoms with Gasteiger partial charge in [-0.1, -0.05) is 16.8 Å². The van der Waals surface area contributed by atoms with E-state index in [1.807, 2.05) is 6.92 Å². The van der Waals surface area contributed by atoms with Crippen LogP contribution in [0.3, 0.4) is 0 Å². The summed E-state index contributed by atoms with van der Waals surface area (Å²) in [7, 11) is 0. The molecule has 0 radical (unpaired) electrons. The SMILES string of the molecule is Cc1noc2ccc(Cl)nc12. The van der Waals surface area contributed by atoms with E-state index in [1.54, 1.807) is 12.1 Å². The summed E-state index contributed by atoms with van der Waals surface area (Å²) in [5.41, 5.74) is 2.17. The third kappa shape index (κ3) is 0.973. The predicted molar refractivity (Wildman–Crippen MR) is 41.6 cm³/mol. The maximum absolute atomic E-state index is 5.67. The van der Waals surface area contributed by atoms with Gasteiger partial charge in [-0.2, -0.15) is 0 Å². The molecule has 0 saturated heterocycles. The molecule has 2 rings (SSSR count). The summed E-state index contributed by atoms with van der Waals surface area (Å²) in [5, 5.41) is 4.20. The van der Waals surface area contributed by atoms with Crippen LogP contribution in [0.1, 0.15) is 5.69 Å². The van der Waals surface area contributed by atoms with Gasteiger partial charge in [-0.3, -0.25) is 0 Å². The summed E-state index contributed by atoms with van der Waals surface area (Å²) in [5.74, 6) is 0. The van der Waals surface area contributed by atoms with Gasteiger partial charge in [0.1, 0.15) is 16.4 Å². The molecule has 0 aliphatic carbocycles. The van der Waals surface area contributed by atoms with Crippen LogP contribution in [0.25, 0.3) is 11.1 Å². The first kappa shape index (κ1) is 6.61. The Hall–Kier alpha value is -1.09. The first-order valence-corrected chi connectivity index (χ1v) is 3.54. The Morgan fingerprint density at radius 1 is 1.45 bits per heavy atom. The van der Waals surface area contributed by atoms with Gasteiger partial charge < -0.3 is 4.52 Å². The maximum atomic E-state index is 5.67. The molecule has 0 aliphatic heterocycles. The van der Waals surface area contributed by atoms with E-state index in [0.29, 0.717) is 10.7 Å². The summed E-state index contributed by atoms with van der Waals surface area (Å²) in [6, 6.07) is 3.43. The van der Waals surface area contributed by atoms with Crippen LogP contribution in [0.5, 0.6) is 0 Å². The number of aryl methyl sites for hydroxylation is 1. The highest BCUT2D eigenvalue weighted by Gasteiger charge is 2.04. The summed E-state index contributed by atoms with van der Waals surface area (Å²) in [4.78, 5) is 4.04. The molecule has 0 unspecified atom stereocenters. The van der Waals surface area contributed by atoms with Gasteiger partial charge in [0, 0.05) is 0 Å². The number of hydrogen-bond acceptors (Lipinski definition) is 3. The average molecular weight is 169 g/mol. The van der Waals surface area contributed by atoms with Crippen LogP contribution in [-0.2, 0) is 0 Å². The minimum Gasteiger partial charge on any atom is -0.354 e. The van der Waals surface area contributed by atoms with Gasteiger partial charge in [0.05, 0.1) is 0 Å². The third-order valence-electron chi connectivity index (χ3n) is 1.45. The van der Waals surface area contributed by atoms with Crippen molar-refractivity contribution in [1.82, 2.24) is 10.1 Å². The van der Waals surface area contributed by atoms with Crippen molar-refractivity contribution in [2.45, 2.75) is 6.92 Å². The Bertz CT molecular complexity index is 396. The van der Waals surface area contributed by atoms with Crippen molar-refractivity contribution in [3.05, 3.63) is 23.0 Å². The summed E-state index contributed by atoms with van der Waals surface area (Å²) < 4.78 is 4.93. The Morgan fingerprint density at radius 3 is 3.09 bits per heavy atom. The van der Waals surface area contributed by atoms with Crippen LogP contribution in [0.2, 0.25) is 5.15 Å². The first-order valence-electron chi connectivity index (χ1n) is 3.16. The Morgan fingerprint density at radius 2 is 2.27 bits per heavy atom. The standard InChI is InChI=1S/C7H5ClN2O/c1-4-7-5(11-10-4)2-3-6(8)9-7/h2-3H,1H3. The Labute approximate surface area is 68.0 Å². The fourth-order valence-corrected chi connectivity index (χ4v) is 1.06. The first-order chi connectivity index (χ1) is 5.27. The largest absolute Gasteiger partial charge is 0.354 e. The number of hydrogen-bond donors (Lipinski definition) is 0. The predicted octanol–water partition coefficient (Wildman–Crippen LogP) is 2.18. The van der Waals surface area contributed by atoms with E-state index in [-0.39, 0.29) is 0 Å². The molecule has 3 nitrogen and oxygen atoms in total. The van der Waals surface area contributed by atoms with Crippen molar-refractivity contribution in [2.75, 3.05) is 0 Å². The second-order valence-electron chi connectivity index (χ2n) is 2.25. The summed E-state index contributed by atoms with van der Waals surface area (Å²) >= 11 is 5.67. The van der Waals surface area contributed by atoms with Crippen LogP contribution in [0.4, 0.5) is 0 Å². The smallest absolute Gasteiger partial charge is 0.185 e. The third-order valence-corrected chi connectivity index (χ3v) is 1.66. The van der Waals surface area contributed by atoms with E-state index in [2.05, 4.69) is 10.1 Å². The molecule has 0 aromatic carbocycles. The molecular formula is C7H5ClN2O. The van der Waals surface area contributed by atoms with E-state index in [9.17, 15) is 0 Å². The minimum atomic E-state index is 0.462. The van der Waals surface area contributed by atoms with E-state index in [0.717, 1.165) is 11.2 Å². The highest BCUT2D eigenvalue weighted by atomic mass is 35.5. The molecule has 0 amide bonds. The number of fused-ring (bicyclic) bond motifs is 1. The number of nitrogens with zero attached hydrogens (tertiary/aromatic N) is 2. The zero-order chi connectivity index (χ0) is 7.84. The van der Waals surface area contributed by atoms with Gasteiger partial charge in [-0.25, -0.2) is 4.98 Å². The molecule has 2 aromatic heterocycles. The van der Waals surface area contributed by atoms with Gasteiger partial charge in [-0.05, 0) is 19.1 Å². The van der Waals surface area contributed by atoms with Crippen molar-refractivity contribution in [1.29, 1.82) is 0 Å². The molecule has 0 bridgehead atoms. The molecule has 0 saturated carbocycles. The van der Waals surface area contributed by atoms with Crippen molar-refractivity contribution >= 4 is 22.7 Å². The lowest BCUT2D eigenvalue weighted by atomic mass is 10.3. The van der Waals surface area contributed by atoms with Gasteiger partial charge >= 0.3 is 0 Å². The van der Waals surface area contributed by atoms with E-state index < -0.39 is 0 Å². The molecule has 2 aromatic rings. The number of halogens is 1. The van der Waals surface area contributed by atoms with Gasteiger partial charge in [0.25, 0.3) is 0 Å². The molecule has 0 spiro atoms. The topological polar surface area (TPSA) is 38.9 Å². The molecule has 11 heavy (non-hydrogen) atoms. The Balaban J connectivity index is 2.87. The van der Waals surface area contributed by atoms with Crippen molar-refractivity contribution in [3.8, 4) is 0 Å². The summed E-state index contributed by atoms with van der Waals surface area (Å²) in [6.07, 6.45) is 0. The minimum absolute atomic E-state index is 0.462. The highest BCUT2D eigenvalue weighted by Crippen LogP contribution is 2.17. The average Bonchev–Trinajstić information content (AvgIpc) is 2.33. The second kappa shape index (κ2) is 2.20. The molecule has 56 valence electrons. The highest BCUT2D eigenvalue weighted by molar-refractivity contribution is 6.29. The molecule has 0 aliphatic rings. The zero-order valence-corrected chi connectivity index (χ0v) is 6.59. The van der Waals surface area contributed by atoms with Gasteiger partial charge in [-0.15, -0.1) is 0 Å². The second-order valence-corrected chi connectivity index (χ2v) is 2.64. The fraction of sp³-hybridized carbons (Fsp3) is 0.143. The van der Waals surface area contributed by atoms with Crippen LogP contribution in [0.15, 0.2) is 16.7 Å². The van der Waals surface area contributed by atoms with Crippen LogP contribution in [0, 0.1) is 6.92 Å². The number of aromatic nitrogens is 2. The van der Waals surface area contributed by atoms with E-state index >= 15 is 0 Å². The molecule has 4 heteroatoms. The number of pyridine rings is 1. The quantitative estimate of drug-likeness (QED) is 0.566. The number of rotatable bonds is 0. The van der Waals surface area contributed by atoms with Crippen molar-refractivity contribution in [3.63, 3.8) is 0 Å². The van der Waals surface area contributed by atoms with E-state index in [1.165, 1.54) is 0 Å². The van der Waals surface area contributed by atoms with Crippen LogP contribution in [-0.4, -0.2) is 10.1 Å². The van der Waals surface area contributed by atoms with Crippen LogP contribution >= 0.6 is 11.6 Å². The molecule has 0 atom stereocenters. The Kier molecular flexibility index (Phi) is 1.32. The molecule has 0 fully saturated rings. The van der Waals surface area contributed by atoms with Gasteiger partial charge in [0.2, 0.25) is 0 Å². The van der Waals surface area contributed by atoms with Gasteiger partial charge in [0.15, 0.2) is 5.58 Å². The van der Waals surface area contributed by atoms with Crippen LogP contribution < -0.4 is 0 Å².